The summed E-state index contributed by atoms with van der Waals surface area (Å²) in [4.78, 5) is 32.7. The molecular formula is C25H21N3O7. The second kappa shape index (κ2) is 9.72. The van der Waals surface area contributed by atoms with Gasteiger partial charge in [-0.05, 0) is 53.0 Å². The Kier molecular flexibility index (Phi) is 6.54. The number of unbranched alkanes of at least 4 members (excludes halogenated alkanes) is 2. The van der Waals surface area contributed by atoms with Gasteiger partial charge in [0.15, 0.2) is 0 Å². The number of rotatable bonds is 9. The van der Waals surface area contributed by atoms with Gasteiger partial charge in [-0.3, -0.25) is 30.3 Å². The van der Waals surface area contributed by atoms with Crippen molar-refractivity contribution in [3.63, 3.8) is 0 Å². The van der Waals surface area contributed by atoms with Gasteiger partial charge in [-0.1, -0.05) is 31.9 Å². The summed E-state index contributed by atoms with van der Waals surface area (Å²) in [5, 5.41) is 34.7. The molecule has 1 aliphatic carbocycles. The van der Waals surface area contributed by atoms with Crippen LogP contribution in [0.4, 0.5) is 17.1 Å². The zero-order valence-electron chi connectivity index (χ0n) is 18.8. The van der Waals surface area contributed by atoms with Gasteiger partial charge < -0.3 is 4.74 Å². The van der Waals surface area contributed by atoms with E-state index < -0.39 is 26.1 Å². The molecule has 0 atom stereocenters. The molecular weight excluding hydrogens is 454 g/mol. The van der Waals surface area contributed by atoms with Crippen LogP contribution in [0.5, 0.6) is 5.75 Å². The minimum absolute atomic E-state index is 0.185. The van der Waals surface area contributed by atoms with Crippen molar-refractivity contribution in [3.05, 3.63) is 102 Å². The zero-order valence-corrected chi connectivity index (χ0v) is 18.8. The molecule has 0 bridgehead atoms. The van der Waals surface area contributed by atoms with Gasteiger partial charge in [0.1, 0.15) is 5.75 Å². The molecule has 10 nitrogen and oxygen atoms in total. The first-order valence-corrected chi connectivity index (χ1v) is 11.0. The Morgan fingerprint density at radius 1 is 0.771 bits per heavy atom. The lowest BCUT2D eigenvalue weighted by Crippen LogP contribution is -1.97. The highest BCUT2D eigenvalue weighted by molar-refractivity contribution is 6.09. The quantitative estimate of drug-likeness (QED) is 0.152. The molecule has 0 unspecified atom stereocenters. The van der Waals surface area contributed by atoms with E-state index in [4.69, 9.17) is 4.74 Å². The van der Waals surface area contributed by atoms with Crippen LogP contribution in [-0.2, 0) is 0 Å². The number of nitro groups is 3. The largest absolute Gasteiger partial charge is 0.494 e. The van der Waals surface area contributed by atoms with Gasteiger partial charge in [0.05, 0.1) is 33.0 Å². The highest BCUT2D eigenvalue weighted by atomic mass is 16.6. The van der Waals surface area contributed by atoms with Crippen molar-refractivity contribution in [1.29, 1.82) is 0 Å². The summed E-state index contributed by atoms with van der Waals surface area (Å²) in [6, 6.07) is 13.4. The zero-order chi connectivity index (χ0) is 25.1. The number of hydrogen-bond acceptors (Lipinski definition) is 7. The number of nitro benzene ring substituents is 3. The lowest BCUT2D eigenvalue weighted by Gasteiger charge is -2.07. The van der Waals surface area contributed by atoms with Crippen LogP contribution in [0.3, 0.4) is 0 Å². The Hall–Kier alpha value is -4.60. The van der Waals surface area contributed by atoms with Crippen LogP contribution >= 0.6 is 0 Å². The normalized spacial score (nSPS) is 12.8. The van der Waals surface area contributed by atoms with Gasteiger partial charge in [0.2, 0.25) is 0 Å². The summed E-state index contributed by atoms with van der Waals surface area (Å²) in [5.41, 5.74) is 1.39. The molecule has 0 amide bonds. The maximum Gasteiger partial charge on any atom is 0.284 e. The van der Waals surface area contributed by atoms with Crippen LogP contribution in [0.15, 0.2) is 54.6 Å². The SMILES string of the molecule is CCCCCOc1ccc(C=C2c3cc([N+](=O)[O-])ccc3-c3c2cc([N+](=O)[O-])cc3[N+](=O)[O-])cc1. The predicted molar refractivity (Wildman–Crippen MR) is 130 cm³/mol. The van der Waals surface area contributed by atoms with Crippen molar-refractivity contribution in [2.45, 2.75) is 26.2 Å². The lowest BCUT2D eigenvalue weighted by atomic mass is 10.00. The van der Waals surface area contributed by atoms with E-state index in [1.807, 2.05) is 0 Å². The average molecular weight is 475 g/mol. The van der Waals surface area contributed by atoms with Gasteiger partial charge in [0, 0.05) is 23.8 Å². The van der Waals surface area contributed by atoms with Gasteiger partial charge in [-0.25, -0.2) is 0 Å². The lowest BCUT2D eigenvalue weighted by molar-refractivity contribution is -0.393. The van der Waals surface area contributed by atoms with E-state index in [0.717, 1.165) is 25.3 Å². The number of benzene rings is 3. The molecule has 3 aromatic carbocycles. The van der Waals surface area contributed by atoms with E-state index in [1.54, 1.807) is 30.3 Å². The summed E-state index contributed by atoms with van der Waals surface area (Å²) in [6.45, 7) is 2.71. The van der Waals surface area contributed by atoms with Crippen LogP contribution in [0.2, 0.25) is 0 Å². The molecule has 0 N–H and O–H groups in total. The third-order valence-electron chi connectivity index (χ3n) is 5.78. The molecule has 0 saturated carbocycles. The van der Waals surface area contributed by atoms with Crippen molar-refractivity contribution in [1.82, 2.24) is 0 Å². The molecule has 35 heavy (non-hydrogen) atoms. The third-order valence-corrected chi connectivity index (χ3v) is 5.78. The highest BCUT2D eigenvalue weighted by Crippen LogP contribution is 2.51. The summed E-state index contributed by atoms with van der Waals surface area (Å²) < 4.78 is 5.73. The first kappa shape index (κ1) is 23.6. The molecule has 1 aliphatic rings. The Labute approximate surface area is 199 Å². The van der Waals surface area contributed by atoms with Crippen LogP contribution in [0.25, 0.3) is 22.8 Å². The number of non-ortho nitro benzene ring substituents is 2. The first-order valence-electron chi connectivity index (χ1n) is 11.0. The maximum atomic E-state index is 11.8. The minimum Gasteiger partial charge on any atom is -0.494 e. The second-order valence-electron chi connectivity index (χ2n) is 8.07. The molecule has 3 aromatic rings. The molecule has 10 heteroatoms. The van der Waals surface area contributed by atoms with Crippen molar-refractivity contribution in [2.75, 3.05) is 6.61 Å². The Bertz CT molecular complexity index is 1360. The molecule has 0 saturated heterocycles. The van der Waals surface area contributed by atoms with E-state index >= 15 is 0 Å². The molecule has 0 heterocycles. The van der Waals surface area contributed by atoms with E-state index in [-0.39, 0.29) is 16.8 Å². The number of nitrogens with zero attached hydrogens (tertiary/aromatic N) is 3. The third kappa shape index (κ3) is 4.72. The van der Waals surface area contributed by atoms with E-state index in [0.29, 0.717) is 34.6 Å². The standard InChI is InChI=1S/C25H21N3O7/c1-2-3-4-11-35-19-8-5-16(6-9-19)12-21-22-13-17(26(29)30)7-10-20(22)25-23(21)14-18(27(31)32)15-24(25)28(33)34/h5-10,12-15H,2-4,11H2,1H3. The van der Waals surface area contributed by atoms with Crippen molar-refractivity contribution < 1.29 is 19.5 Å². The first-order chi connectivity index (χ1) is 16.8. The van der Waals surface area contributed by atoms with Crippen LogP contribution < -0.4 is 4.74 Å². The molecule has 0 aromatic heterocycles. The number of ether oxygens (including phenoxy) is 1. The van der Waals surface area contributed by atoms with Gasteiger partial charge in [-0.2, -0.15) is 0 Å². The van der Waals surface area contributed by atoms with Crippen molar-refractivity contribution >= 4 is 28.7 Å². The predicted octanol–water partition coefficient (Wildman–Crippen LogP) is 6.55. The number of hydrogen-bond donors (Lipinski definition) is 0. The molecule has 0 radical (unpaired) electrons. The fourth-order valence-corrected chi connectivity index (χ4v) is 4.11. The minimum atomic E-state index is -0.693. The van der Waals surface area contributed by atoms with Gasteiger partial charge in [-0.15, -0.1) is 0 Å². The summed E-state index contributed by atoms with van der Waals surface area (Å²) in [7, 11) is 0. The Morgan fingerprint density at radius 2 is 1.46 bits per heavy atom. The van der Waals surface area contributed by atoms with Crippen molar-refractivity contribution in [2.24, 2.45) is 0 Å². The molecule has 178 valence electrons. The molecule has 0 fully saturated rings. The van der Waals surface area contributed by atoms with Gasteiger partial charge in [0.25, 0.3) is 17.1 Å². The topological polar surface area (TPSA) is 139 Å². The fourth-order valence-electron chi connectivity index (χ4n) is 4.11. The summed E-state index contributed by atoms with van der Waals surface area (Å²) in [6.07, 6.45) is 4.83. The molecule has 4 rings (SSSR count). The molecule has 0 spiro atoms. The Morgan fingerprint density at radius 3 is 2.09 bits per heavy atom. The smallest absolute Gasteiger partial charge is 0.284 e. The monoisotopic (exact) mass is 475 g/mol. The number of fused-ring (bicyclic) bond motifs is 3. The van der Waals surface area contributed by atoms with E-state index in [1.165, 1.54) is 24.3 Å². The average Bonchev–Trinajstić information content (AvgIpc) is 3.14. The summed E-state index contributed by atoms with van der Waals surface area (Å²) in [5.74, 6) is 0.692. The van der Waals surface area contributed by atoms with Crippen LogP contribution in [0, 0.1) is 30.3 Å². The van der Waals surface area contributed by atoms with Crippen LogP contribution in [-0.4, -0.2) is 21.4 Å². The van der Waals surface area contributed by atoms with Crippen LogP contribution in [0.1, 0.15) is 42.9 Å². The van der Waals surface area contributed by atoms with Gasteiger partial charge >= 0.3 is 0 Å². The second-order valence-corrected chi connectivity index (χ2v) is 8.07. The fraction of sp³-hybridized carbons (Fsp3) is 0.200. The highest BCUT2D eigenvalue weighted by Gasteiger charge is 2.34. The van der Waals surface area contributed by atoms with E-state index in [9.17, 15) is 30.3 Å². The molecule has 0 aliphatic heterocycles. The maximum absolute atomic E-state index is 11.8. The van der Waals surface area contributed by atoms with E-state index in [2.05, 4.69) is 6.92 Å². The summed E-state index contributed by atoms with van der Waals surface area (Å²) >= 11 is 0. The Balaban J connectivity index is 1.84. The van der Waals surface area contributed by atoms with Crippen molar-refractivity contribution in [3.8, 4) is 16.9 Å².